The number of nitrogens with one attached hydrogen (secondary N) is 1. The molecule has 0 atom stereocenters. The van der Waals surface area contributed by atoms with Gasteiger partial charge >= 0.3 is 0 Å². The normalized spacial score (nSPS) is 14.8. The minimum Gasteiger partial charge on any atom is -0.441 e. The van der Waals surface area contributed by atoms with Gasteiger partial charge in [-0.3, -0.25) is 4.79 Å². The maximum atomic E-state index is 12.7. The van der Waals surface area contributed by atoms with Crippen molar-refractivity contribution in [1.29, 1.82) is 0 Å². The van der Waals surface area contributed by atoms with Gasteiger partial charge in [0.2, 0.25) is 15.9 Å². The van der Waals surface area contributed by atoms with Gasteiger partial charge in [-0.2, -0.15) is 4.31 Å². The Kier molecular flexibility index (Phi) is 7.44. The number of morpholine rings is 1. The fourth-order valence-corrected chi connectivity index (χ4v) is 4.93. The number of carbonyl (C=O) groups is 1. The predicted octanol–water partition coefficient (Wildman–Crippen LogP) is 3.26. The van der Waals surface area contributed by atoms with Crippen LogP contribution in [0.1, 0.15) is 17.9 Å². The Morgan fingerprint density at radius 2 is 1.76 bits per heavy atom. The molecule has 0 bridgehead atoms. The van der Waals surface area contributed by atoms with Crippen molar-refractivity contribution in [2.45, 2.75) is 24.3 Å². The lowest BCUT2D eigenvalue weighted by Crippen LogP contribution is -2.40. The summed E-state index contributed by atoms with van der Waals surface area (Å²) >= 11 is 5.90. The van der Waals surface area contributed by atoms with Gasteiger partial charge in [0.25, 0.3) is 0 Å². The first-order chi connectivity index (χ1) is 15.9. The van der Waals surface area contributed by atoms with Gasteiger partial charge in [-0.05, 0) is 42.0 Å². The van der Waals surface area contributed by atoms with Crippen LogP contribution in [0.15, 0.2) is 64.0 Å². The Morgan fingerprint density at radius 1 is 1.06 bits per heavy atom. The molecule has 1 fully saturated rings. The molecule has 3 aromatic rings. The molecule has 8 nitrogen and oxygen atoms in total. The van der Waals surface area contributed by atoms with E-state index in [9.17, 15) is 13.2 Å². The smallest absolute Gasteiger partial charge is 0.243 e. The summed E-state index contributed by atoms with van der Waals surface area (Å²) in [4.78, 5) is 16.7. The summed E-state index contributed by atoms with van der Waals surface area (Å²) in [6.07, 6.45) is 2.23. The van der Waals surface area contributed by atoms with E-state index in [4.69, 9.17) is 20.8 Å². The number of amides is 1. The Bertz CT molecular complexity index is 1190. The number of benzene rings is 2. The van der Waals surface area contributed by atoms with Crippen LogP contribution in [0, 0.1) is 0 Å². The van der Waals surface area contributed by atoms with Gasteiger partial charge in [-0.15, -0.1) is 0 Å². The molecule has 4 rings (SSSR count). The molecule has 1 saturated heterocycles. The number of carbonyl (C=O) groups excluding carboxylic acids is 1. The van der Waals surface area contributed by atoms with Crippen molar-refractivity contribution >= 4 is 27.5 Å². The molecule has 10 heteroatoms. The lowest BCUT2D eigenvalue weighted by molar-refractivity contribution is -0.121. The molecule has 1 N–H and O–H groups in total. The van der Waals surface area contributed by atoms with E-state index in [0.29, 0.717) is 55.9 Å². The SMILES string of the molecule is O=C(CCc1ncc(-c2ccc(Cl)cc2)o1)NCc1ccc(S(=O)(=O)N2CCOCC2)cc1. The van der Waals surface area contributed by atoms with Gasteiger partial charge in [0.15, 0.2) is 11.7 Å². The van der Waals surface area contributed by atoms with Crippen molar-refractivity contribution in [1.82, 2.24) is 14.6 Å². The van der Waals surface area contributed by atoms with Gasteiger partial charge in [0.1, 0.15) is 0 Å². The van der Waals surface area contributed by atoms with E-state index in [2.05, 4.69) is 10.3 Å². The quantitative estimate of drug-likeness (QED) is 0.521. The standard InChI is InChI=1S/C23H24ClN3O5S/c24-19-5-3-18(4-6-19)21-16-26-23(32-21)10-9-22(28)25-15-17-1-7-20(8-2-17)33(29,30)27-11-13-31-14-12-27/h1-8,16H,9-15H2,(H,25,28). The van der Waals surface area contributed by atoms with Gasteiger partial charge in [-0.25, -0.2) is 13.4 Å². The van der Waals surface area contributed by atoms with Gasteiger partial charge in [0.05, 0.1) is 24.3 Å². The molecular weight excluding hydrogens is 466 g/mol. The number of oxazole rings is 1. The number of hydrogen-bond donors (Lipinski definition) is 1. The van der Waals surface area contributed by atoms with Crippen LogP contribution in [0.4, 0.5) is 0 Å². The largest absolute Gasteiger partial charge is 0.441 e. The van der Waals surface area contributed by atoms with Crippen molar-refractivity contribution in [3.63, 3.8) is 0 Å². The number of nitrogens with zero attached hydrogens (tertiary/aromatic N) is 2. The van der Waals surface area contributed by atoms with E-state index in [-0.39, 0.29) is 17.2 Å². The zero-order chi connectivity index (χ0) is 23.3. The van der Waals surface area contributed by atoms with Crippen molar-refractivity contribution < 1.29 is 22.4 Å². The summed E-state index contributed by atoms with van der Waals surface area (Å²) in [5.41, 5.74) is 1.67. The molecule has 0 aliphatic carbocycles. The lowest BCUT2D eigenvalue weighted by atomic mass is 10.2. The molecule has 0 radical (unpaired) electrons. The van der Waals surface area contributed by atoms with Gasteiger partial charge < -0.3 is 14.5 Å². The minimum absolute atomic E-state index is 0.147. The Labute approximate surface area is 197 Å². The second kappa shape index (κ2) is 10.5. The highest BCUT2D eigenvalue weighted by molar-refractivity contribution is 7.89. The van der Waals surface area contributed by atoms with E-state index in [0.717, 1.165) is 11.1 Å². The average molecular weight is 490 g/mol. The summed E-state index contributed by atoms with van der Waals surface area (Å²) in [7, 11) is -3.53. The molecule has 33 heavy (non-hydrogen) atoms. The molecule has 0 spiro atoms. The summed E-state index contributed by atoms with van der Waals surface area (Å²) in [5.74, 6) is 0.952. The highest BCUT2D eigenvalue weighted by atomic mass is 35.5. The molecule has 1 aromatic heterocycles. The van der Waals surface area contributed by atoms with E-state index in [1.165, 1.54) is 4.31 Å². The number of sulfonamides is 1. The van der Waals surface area contributed by atoms with E-state index >= 15 is 0 Å². The minimum atomic E-state index is -3.53. The molecule has 174 valence electrons. The predicted molar refractivity (Wildman–Crippen MR) is 123 cm³/mol. The molecule has 0 saturated carbocycles. The van der Waals surface area contributed by atoms with Crippen LogP contribution < -0.4 is 5.32 Å². The van der Waals surface area contributed by atoms with Crippen molar-refractivity contribution in [3.05, 3.63) is 71.2 Å². The fourth-order valence-electron chi connectivity index (χ4n) is 3.40. The van der Waals surface area contributed by atoms with Crippen molar-refractivity contribution in [3.8, 4) is 11.3 Å². The molecule has 2 aromatic carbocycles. The van der Waals surface area contributed by atoms with Gasteiger partial charge in [-0.1, -0.05) is 23.7 Å². The maximum absolute atomic E-state index is 12.7. The first-order valence-electron chi connectivity index (χ1n) is 10.6. The first kappa shape index (κ1) is 23.4. The number of rotatable bonds is 8. The van der Waals surface area contributed by atoms with E-state index in [1.807, 2.05) is 12.1 Å². The molecule has 1 amide bonds. The van der Waals surface area contributed by atoms with E-state index in [1.54, 1.807) is 42.6 Å². The molecule has 1 aliphatic heterocycles. The van der Waals surface area contributed by atoms with Crippen LogP contribution in [-0.4, -0.2) is 49.9 Å². The molecule has 2 heterocycles. The monoisotopic (exact) mass is 489 g/mol. The molecular formula is C23H24ClN3O5S. The summed E-state index contributed by atoms with van der Waals surface area (Å²) in [5, 5.41) is 3.48. The van der Waals surface area contributed by atoms with Gasteiger partial charge in [0, 0.05) is 43.1 Å². The number of ether oxygens (including phenoxy) is 1. The van der Waals surface area contributed by atoms with Crippen LogP contribution in [0.5, 0.6) is 0 Å². The number of aryl methyl sites for hydroxylation is 1. The van der Waals surface area contributed by atoms with Crippen LogP contribution in [-0.2, 0) is 32.5 Å². The summed E-state index contributed by atoms with van der Waals surface area (Å²) in [6.45, 7) is 1.81. The second-order valence-corrected chi connectivity index (χ2v) is 9.94. The Balaban J connectivity index is 1.26. The van der Waals surface area contributed by atoms with Crippen molar-refractivity contribution in [2.75, 3.05) is 26.3 Å². The second-order valence-electron chi connectivity index (χ2n) is 7.56. The Hall–Kier alpha value is -2.72. The van der Waals surface area contributed by atoms with Crippen molar-refractivity contribution in [2.24, 2.45) is 0 Å². The average Bonchev–Trinajstić information content (AvgIpc) is 3.32. The number of hydrogen-bond acceptors (Lipinski definition) is 6. The first-order valence-corrected chi connectivity index (χ1v) is 12.4. The third-order valence-corrected chi connectivity index (χ3v) is 7.43. The zero-order valence-corrected chi connectivity index (χ0v) is 19.4. The summed E-state index contributed by atoms with van der Waals surface area (Å²) < 4.78 is 37.7. The molecule has 1 aliphatic rings. The third-order valence-electron chi connectivity index (χ3n) is 5.27. The Morgan fingerprint density at radius 3 is 2.45 bits per heavy atom. The topological polar surface area (TPSA) is 102 Å². The molecule has 0 unspecified atom stereocenters. The van der Waals surface area contributed by atoms with E-state index < -0.39 is 10.0 Å². The highest BCUT2D eigenvalue weighted by Gasteiger charge is 2.26. The van der Waals surface area contributed by atoms with Crippen LogP contribution in [0.25, 0.3) is 11.3 Å². The van der Waals surface area contributed by atoms with Crippen LogP contribution in [0.3, 0.4) is 0 Å². The highest BCUT2D eigenvalue weighted by Crippen LogP contribution is 2.23. The number of aromatic nitrogens is 1. The maximum Gasteiger partial charge on any atom is 0.243 e. The summed E-state index contributed by atoms with van der Waals surface area (Å²) in [6, 6.07) is 13.8. The zero-order valence-electron chi connectivity index (χ0n) is 17.9. The fraction of sp³-hybridized carbons (Fsp3) is 0.304. The van der Waals surface area contributed by atoms with Crippen LogP contribution in [0.2, 0.25) is 5.02 Å². The third kappa shape index (κ3) is 6.00. The lowest BCUT2D eigenvalue weighted by Gasteiger charge is -2.26. The van der Waals surface area contributed by atoms with Crippen LogP contribution >= 0.6 is 11.6 Å². The number of halogens is 1.